The number of rotatable bonds is 10. The van der Waals surface area contributed by atoms with Crippen LogP contribution in [-0.4, -0.2) is 125 Å². The summed E-state index contributed by atoms with van der Waals surface area (Å²) in [7, 11) is 0. The molecule has 2 aliphatic heterocycles. The van der Waals surface area contributed by atoms with Crippen LogP contribution in [0.3, 0.4) is 0 Å². The van der Waals surface area contributed by atoms with E-state index < -0.39 is 73.2 Å². The normalized spacial score (nSPS) is 40.1. The second-order valence-corrected chi connectivity index (χ2v) is 7.53. The highest BCUT2D eigenvalue weighted by molar-refractivity contribution is 5.73. The molecule has 2 heterocycles. The van der Waals surface area contributed by atoms with Gasteiger partial charge in [0.05, 0.1) is 25.9 Å². The number of carbonyl (C=O) groups is 2. The standard InChI is InChI=1S/C18H32N2O12/c1-7-10(22)11(23)9(20-8(2)21)17(30-7)32-15-13(25)12(24)14(16(26)27)31-18(15)29-6-5-28-4-3-19/h7,9-15,17-18,22-25H,3-6,19H2,1-2H3,(H,20,21)(H,26,27)/t7?,9-,10+,11?,12-,13?,14?,15-,17-,18+/m0/s1. The first-order chi connectivity index (χ1) is 15.1. The van der Waals surface area contributed by atoms with Crippen molar-refractivity contribution >= 4 is 11.9 Å². The maximum absolute atomic E-state index is 11.6. The van der Waals surface area contributed by atoms with Gasteiger partial charge in [0.25, 0.3) is 0 Å². The number of aliphatic hydroxyl groups excluding tert-OH is 4. The maximum atomic E-state index is 11.6. The van der Waals surface area contributed by atoms with E-state index in [0.717, 1.165) is 0 Å². The molecule has 0 aliphatic carbocycles. The summed E-state index contributed by atoms with van der Waals surface area (Å²) in [4.78, 5) is 23.0. The van der Waals surface area contributed by atoms with E-state index in [9.17, 15) is 35.1 Å². The Morgan fingerprint density at radius 3 is 2.25 bits per heavy atom. The van der Waals surface area contributed by atoms with Gasteiger partial charge in [0, 0.05) is 13.5 Å². The number of aliphatic hydroxyl groups is 4. The lowest BCUT2D eigenvalue weighted by Gasteiger charge is -2.46. The Morgan fingerprint density at radius 2 is 1.66 bits per heavy atom. The van der Waals surface area contributed by atoms with Gasteiger partial charge >= 0.3 is 5.97 Å². The van der Waals surface area contributed by atoms with E-state index >= 15 is 0 Å². The number of aliphatic carboxylic acids is 1. The van der Waals surface area contributed by atoms with Crippen molar-refractivity contribution in [2.75, 3.05) is 26.4 Å². The highest BCUT2D eigenvalue weighted by Crippen LogP contribution is 2.29. The van der Waals surface area contributed by atoms with Crippen LogP contribution in [0.2, 0.25) is 0 Å². The number of carboxylic acids is 1. The van der Waals surface area contributed by atoms with Crippen LogP contribution in [0.1, 0.15) is 13.8 Å². The van der Waals surface area contributed by atoms with Crippen molar-refractivity contribution in [3.05, 3.63) is 0 Å². The lowest BCUT2D eigenvalue weighted by molar-refractivity contribution is -0.349. The Labute approximate surface area is 184 Å². The zero-order chi connectivity index (χ0) is 24.0. The van der Waals surface area contributed by atoms with Crippen molar-refractivity contribution in [3.63, 3.8) is 0 Å². The molecular weight excluding hydrogens is 436 g/mol. The molecule has 186 valence electrons. The number of hydrogen-bond donors (Lipinski definition) is 7. The molecule has 0 radical (unpaired) electrons. The quantitative estimate of drug-likeness (QED) is 0.152. The average Bonchev–Trinajstić information content (AvgIpc) is 2.73. The van der Waals surface area contributed by atoms with Crippen molar-refractivity contribution in [1.29, 1.82) is 0 Å². The fraction of sp³-hybridized carbons (Fsp3) is 0.889. The molecule has 0 spiro atoms. The number of nitrogens with two attached hydrogens (primary N) is 1. The molecule has 2 fully saturated rings. The van der Waals surface area contributed by atoms with E-state index in [1.54, 1.807) is 0 Å². The molecule has 2 saturated heterocycles. The molecule has 10 atom stereocenters. The Kier molecular flexibility index (Phi) is 10.2. The third-order valence-electron chi connectivity index (χ3n) is 5.06. The fourth-order valence-corrected chi connectivity index (χ4v) is 3.42. The lowest BCUT2D eigenvalue weighted by atomic mass is 9.96. The molecule has 0 bridgehead atoms. The van der Waals surface area contributed by atoms with Crippen LogP contribution in [0.4, 0.5) is 0 Å². The molecule has 4 unspecified atom stereocenters. The van der Waals surface area contributed by atoms with Crippen molar-refractivity contribution in [2.24, 2.45) is 5.73 Å². The van der Waals surface area contributed by atoms with Gasteiger partial charge in [-0.3, -0.25) is 4.79 Å². The number of nitrogens with one attached hydrogen (secondary N) is 1. The maximum Gasteiger partial charge on any atom is 0.335 e. The molecule has 14 nitrogen and oxygen atoms in total. The zero-order valence-corrected chi connectivity index (χ0v) is 17.8. The number of amides is 1. The smallest absolute Gasteiger partial charge is 0.335 e. The molecule has 0 saturated carbocycles. The number of ether oxygens (including phenoxy) is 5. The number of hydrogen-bond acceptors (Lipinski definition) is 12. The molecule has 1 amide bonds. The van der Waals surface area contributed by atoms with Crippen LogP contribution in [0.5, 0.6) is 0 Å². The second-order valence-electron chi connectivity index (χ2n) is 7.53. The van der Waals surface area contributed by atoms with E-state index in [1.165, 1.54) is 13.8 Å². The van der Waals surface area contributed by atoms with Gasteiger partial charge in [-0.1, -0.05) is 0 Å². The van der Waals surface area contributed by atoms with E-state index in [-0.39, 0.29) is 26.4 Å². The third-order valence-corrected chi connectivity index (χ3v) is 5.06. The van der Waals surface area contributed by atoms with Crippen molar-refractivity contribution < 1.29 is 58.8 Å². The Hall–Kier alpha value is -1.46. The van der Waals surface area contributed by atoms with E-state index in [0.29, 0.717) is 0 Å². The minimum absolute atomic E-state index is 0.0799. The van der Waals surface area contributed by atoms with Gasteiger partial charge in [-0.25, -0.2) is 4.79 Å². The SMILES string of the molecule is CC(=O)N[C@H]1C(O)[C@H](O)C(C)O[C@H]1O[C@H]1C(O)[C@H](O)C(C(=O)O)O[C@H]1OCCOCCN. The predicted molar refractivity (Wildman–Crippen MR) is 103 cm³/mol. The Bertz CT molecular complexity index is 625. The molecule has 0 aromatic rings. The lowest BCUT2D eigenvalue weighted by Crippen LogP contribution is -2.67. The minimum atomic E-state index is -1.87. The molecule has 0 aromatic carbocycles. The first-order valence-electron chi connectivity index (χ1n) is 10.2. The molecule has 8 N–H and O–H groups in total. The van der Waals surface area contributed by atoms with Gasteiger partial charge in [0.2, 0.25) is 5.91 Å². The van der Waals surface area contributed by atoms with Crippen molar-refractivity contribution in [1.82, 2.24) is 5.32 Å². The molecule has 14 heteroatoms. The largest absolute Gasteiger partial charge is 0.479 e. The summed E-state index contributed by atoms with van der Waals surface area (Å²) in [5, 5.41) is 52.9. The van der Waals surface area contributed by atoms with Crippen molar-refractivity contribution in [2.45, 2.75) is 75.2 Å². The predicted octanol–water partition coefficient (Wildman–Crippen LogP) is -4.13. The Balaban J connectivity index is 2.20. The molecular formula is C18H32N2O12. The highest BCUT2D eigenvalue weighted by atomic mass is 16.8. The highest BCUT2D eigenvalue weighted by Gasteiger charge is 2.52. The first-order valence-corrected chi connectivity index (χ1v) is 10.2. The average molecular weight is 468 g/mol. The Morgan fingerprint density at radius 1 is 0.969 bits per heavy atom. The fourth-order valence-electron chi connectivity index (χ4n) is 3.42. The van der Waals surface area contributed by atoms with Gasteiger partial charge in [0.1, 0.15) is 36.6 Å². The van der Waals surface area contributed by atoms with Gasteiger partial charge in [-0.05, 0) is 6.92 Å². The summed E-state index contributed by atoms with van der Waals surface area (Å²) in [6.07, 6.45) is -13.6. The van der Waals surface area contributed by atoms with Crippen LogP contribution in [-0.2, 0) is 33.3 Å². The van der Waals surface area contributed by atoms with E-state index in [2.05, 4.69) is 5.32 Å². The van der Waals surface area contributed by atoms with Gasteiger partial charge in [0.15, 0.2) is 18.7 Å². The summed E-state index contributed by atoms with van der Waals surface area (Å²) in [6, 6.07) is -1.24. The van der Waals surface area contributed by atoms with Crippen LogP contribution in [0.15, 0.2) is 0 Å². The first kappa shape index (κ1) is 26.8. The summed E-state index contributed by atoms with van der Waals surface area (Å²) < 4.78 is 27.2. The van der Waals surface area contributed by atoms with Crippen LogP contribution < -0.4 is 11.1 Å². The molecule has 0 aromatic heterocycles. The van der Waals surface area contributed by atoms with Crippen LogP contribution >= 0.6 is 0 Å². The van der Waals surface area contributed by atoms with E-state index in [1.807, 2.05) is 0 Å². The number of carbonyl (C=O) groups excluding carboxylic acids is 1. The van der Waals surface area contributed by atoms with Gasteiger partial charge < -0.3 is 60.3 Å². The zero-order valence-electron chi connectivity index (χ0n) is 17.8. The summed E-state index contributed by atoms with van der Waals surface area (Å²) in [6.45, 7) is 3.18. The van der Waals surface area contributed by atoms with Crippen LogP contribution in [0, 0.1) is 0 Å². The summed E-state index contributed by atoms with van der Waals surface area (Å²) >= 11 is 0. The summed E-state index contributed by atoms with van der Waals surface area (Å²) in [5.41, 5.74) is 5.33. The van der Waals surface area contributed by atoms with Crippen molar-refractivity contribution in [3.8, 4) is 0 Å². The monoisotopic (exact) mass is 468 g/mol. The minimum Gasteiger partial charge on any atom is -0.479 e. The van der Waals surface area contributed by atoms with Gasteiger partial charge in [-0.2, -0.15) is 0 Å². The van der Waals surface area contributed by atoms with Crippen LogP contribution in [0.25, 0.3) is 0 Å². The molecule has 32 heavy (non-hydrogen) atoms. The molecule has 2 rings (SSSR count). The number of carboxylic acid groups (broad SMARTS) is 1. The van der Waals surface area contributed by atoms with Gasteiger partial charge in [-0.15, -0.1) is 0 Å². The second kappa shape index (κ2) is 12.1. The third kappa shape index (κ3) is 6.54. The molecule has 2 aliphatic rings. The van der Waals surface area contributed by atoms with E-state index in [4.69, 9.17) is 29.4 Å². The topological polar surface area (TPSA) is 219 Å². The summed E-state index contributed by atoms with van der Waals surface area (Å²) in [5.74, 6) is -2.08.